The lowest BCUT2D eigenvalue weighted by molar-refractivity contribution is -0.170. The fourth-order valence-electron chi connectivity index (χ4n) is 8.72. The number of hydrogen-bond acceptors (Lipinski definition) is 3. The molecule has 7 atom stereocenters. The maximum Gasteiger partial charge on any atom is 0.306 e. The number of carboxylic acid groups (broad SMARTS) is 1. The predicted molar refractivity (Wildman–Crippen MR) is 144 cm³/mol. The van der Waals surface area contributed by atoms with Crippen molar-refractivity contribution in [1.82, 2.24) is 0 Å². The predicted octanol–water partition coefficient (Wildman–Crippen LogP) is 7.75. The van der Waals surface area contributed by atoms with Crippen LogP contribution in [0, 0.1) is 45.8 Å². The average molecular weight is 497 g/mol. The van der Waals surface area contributed by atoms with E-state index in [0.717, 1.165) is 25.7 Å². The molecule has 0 unspecified atom stereocenters. The fourth-order valence-corrected chi connectivity index (χ4v) is 8.72. The first-order valence-electron chi connectivity index (χ1n) is 14.3. The standard InChI is InChI=1S/C32H48O4/c1-20(2)8-9-21(3)23-11-12-24-22-10-13-26-30(4,5)27(36-29(35)15-14-28(33)34)17-19-32(26,7)25(22)16-18-31(23,24)6/h8-9,11-12,20-21,23-24,26-27H,10,13-19H2,1-7H3,(H,33,34)/b9-8+/t21-,23-,24-,26+,27+,31-,32-/m1/s1. The zero-order valence-electron chi connectivity index (χ0n) is 23.6. The van der Waals surface area contributed by atoms with Gasteiger partial charge in [-0.15, -0.1) is 0 Å². The zero-order valence-corrected chi connectivity index (χ0v) is 23.6. The number of hydrogen-bond donors (Lipinski definition) is 1. The van der Waals surface area contributed by atoms with Gasteiger partial charge in [0.25, 0.3) is 0 Å². The molecule has 0 radical (unpaired) electrons. The molecule has 200 valence electrons. The molecule has 0 aromatic carbocycles. The van der Waals surface area contributed by atoms with E-state index in [0.29, 0.717) is 35.0 Å². The van der Waals surface area contributed by atoms with Gasteiger partial charge in [0.1, 0.15) is 6.10 Å². The molecule has 0 heterocycles. The first-order chi connectivity index (χ1) is 16.8. The Kier molecular flexibility index (Phi) is 7.40. The van der Waals surface area contributed by atoms with Crippen LogP contribution in [0.25, 0.3) is 0 Å². The van der Waals surface area contributed by atoms with Gasteiger partial charge < -0.3 is 9.84 Å². The smallest absolute Gasteiger partial charge is 0.306 e. The van der Waals surface area contributed by atoms with Crippen LogP contribution in [0.15, 0.2) is 35.5 Å². The number of aliphatic carboxylic acids is 1. The Morgan fingerprint density at radius 1 is 1.03 bits per heavy atom. The number of carboxylic acids is 1. The van der Waals surface area contributed by atoms with Crippen molar-refractivity contribution < 1.29 is 19.4 Å². The van der Waals surface area contributed by atoms with Crippen LogP contribution in [0.5, 0.6) is 0 Å². The topological polar surface area (TPSA) is 63.6 Å². The molecule has 4 rings (SSSR count). The zero-order chi connectivity index (χ0) is 26.5. The van der Waals surface area contributed by atoms with Gasteiger partial charge in [-0.05, 0) is 73.0 Å². The van der Waals surface area contributed by atoms with E-state index < -0.39 is 5.97 Å². The summed E-state index contributed by atoms with van der Waals surface area (Å²) in [5.41, 5.74) is 3.75. The Hall–Kier alpha value is -1.84. The van der Waals surface area contributed by atoms with E-state index in [9.17, 15) is 9.59 Å². The Bertz CT molecular complexity index is 969. The summed E-state index contributed by atoms with van der Waals surface area (Å²) in [6, 6.07) is 0. The molecule has 36 heavy (non-hydrogen) atoms. The lowest BCUT2D eigenvalue weighted by Gasteiger charge is -2.60. The van der Waals surface area contributed by atoms with Crippen LogP contribution in [-0.2, 0) is 14.3 Å². The molecule has 1 N–H and O–H groups in total. The van der Waals surface area contributed by atoms with Crippen molar-refractivity contribution in [3.05, 3.63) is 35.5 Å². The molecule has 4 nitrogen and oxygen atoms in total. The molecule has 0 amide bonds. The molecule has 4 heteroatoms. The molecule has 1 fully saturated rings. The van der Waals surface area contributed by atoms with E-state index in [2.05, 4.69) is 72.8 Å². The summed E-state index contributed by atoms with van der Waals surface area (Å²) in [5.74, 6) is 1.43. The number of esters is 1. The van der Waals surface area contributed by atoms with Crippen LogP contribution in [0.2, 0.25) is 0 Å². The Labute approximate surface area is 218 Å². The van der Waals surface area contributed by atoms with Crippen molar-refractivity contribution in [3.63, 3.8) is 0 Å². The molecule has 0 spiro atoms. The van der Waals surface area contributed by atoms with Crippen LogP contribution < -0.4 is 0 Å². The number of fused-ring (bicyclic) bond motifs is 4. The van der Waals surface area contributed by atoms with Gasteiger partial charge in [-0.3, -0.25) is 9.59 Å². The van der Waals surface area contributed by atoms with Crippen molar-refractivity contribution in [2.45, 2.75) is 106 Å². The third kappa shape index (κ3) is 4.63. The van der Waals surface area contributed by atoms with Gasteiger partial charge in [0.05, 0.1) is 12.8 Å². The number of rotatable bonds is 7. The quantitative estimate of drug-likeness (QED) is 0.289. The maximum absolute atomic E-state index is 12.4. The van der Waals surface area contributed by atoms with Gasteiger partial charge in [0.15, 0.2) is 0 Å². The molecular weight excluding hydrogens is 448 g/mol. The molecule has 0 aromatic rings. The number of ether oxygens (including phenoxy) is 1. The summed E-state index contributed by atoms with van der Waals surface area (Å²) < 4.78 is 5.92. The third-order valence-electron chi connectivity index (χ3n) is 10.7. The minimum atomic E-state index is -0.952. The number of carbonyl (C=O) groups excluding carboxylic acids is 1. The van der Waals surface area contributed by atoms with Gasteiger partial charge in [-0.2, -0.15) is 0 Å². The third-order valence-corrected chi connectivity index (χ3v) is 10.7. The first-order valence-corrected chi connectivity index (χ1v) is 14.3. The van der Waals surface area contributed by atoms with Gasteiger partial charge >= 0.3 is 11.9 Å². The highest BCUT2D eigenvalue weighted by Crippen LogP contribution is 2.66. The van der Waals surface area contributed by atoms with Crippen molar-refractivity contribution in [2.24, 2.45) is 45.8 Å². The van der Waals surface area contributed by atoms with E-state index in [1.165, 1.54) is 12.8 Å². The highest BCUT2D eigenvalue weighted by molar-refractivity contribution is 5.76. The van der Waals surface area contributed by atoms with Crippen molar-refractivity contribution in [2.75, 3.05) is 0 Å². The van der Waals surface area contributed by atoms with E-state index in [-0.39, 0.29) is 35.7 Å². The lowest BCUT2D eigenvalue weighted by Crippen LogP contribution is -2.54. The van der Waals surface area contributed by atoms with Crippen molar-refractivity contribution in [1.29, 1.82) is 0 Å². The molecule has 0 saturated heterocycles. The minimum absolute atomic E-state index is 0.0440. The van der Waals surface area contributed by atoms with Crippen molar-refractivity contribution in [3.8, 4) is 0 Å². The summed E-state index contributed by atoms with van der Waals surface area (Å²) in [4.78, 5) is 23.3. The lowest BCUT2D eigenvalue weighted by atomic mass is 9.45. The first kappa shape index (κ1) is 27.2. The monoisotopic (exact) mass is 496 g/mol. The van der Waals surface area contributed by atoms with E-state index in [1.54, 1.807) is 11.1 Å². The second kappa shape index (κ2) is 9.80. The highest BCUT2D eigenvalue weighted by Gasteiger charge is 2.59. The van der Waals surface area contributed by atoms with Gasteiger partial charge in [-0.1, -0.05) is 83.9 Å². The fraction of sp³-hybridized carbons (Fsp3) is 0.750. The van der Waals surface area contributed by atoms with Crippen LogP contribution in [-0.4, -0.2) is 23.1 Å². The molecule has 4 aliphatic carbocycles. The largest absolute Gasteiger partial charge is 0.481 e. The summed E-state index contributed by atoms with van der Waals surface area (Å²) >= 11 is 0. The average Bonchev–Trinajstić information content (AvgIpc) is 3.15. The van der Waals surface area contributed by atoms with Crippen LogP contribution in [0.4, 0.5) is 0 Å². The number of carbonyl (C=O) groups is 2. The van der Waals surface area contributed by atoms with Gasteiger partial charge in [0, 0.05) is 11.3 Å². The molecule has 0 aromatic heterocycles. The summed E-state index contributed by atoms with van der Waals surface area (Å²) in [7, 11) is 0. The Balaban J connectivity index is 1.55. The minimum Gasteiger partial charge on any atom is -0.481 e. The van der Waals surface area contributed by atoms with E-state index in [4.69, 9.17) is 9.84 Å². The van der Waals surface area contributed by atoms with Gasteiger partial charge in [0.2, 0.25) is 0 Å². The molecule has 0 bridgehead atoms. The maximum atomic E-state index is 12.4. The SMILES string of the molecule is CC(C)/C=C/[C@@H](C)[C@H]1C=C[C@@H]2C3=C(CC[C@@]21C)[C@@]1(C)CC[C@H](OC(=O)CCC(=O)O)C(C)(C)[C@@H]1CC3. The Morgan fingerprint density at radius 2 is 1.75 bits per heavy atom. The highest BCUT2D eigenvalue weighted by atomic mass is 16.5. The molecule has 1 saturated carbocycles. The van der Waals surface area contributed by atoms with Crippen LogP contribution >= 0.6 is 0 Å². The Morgan fingerprint density at radius 3 is 2.42 bits per heavy atom. The summed E-state index contributed by atoms with van der Waals surface area (Å²) in [5, 5.41) is 8.93. The second-order valence-corrected chi connectivity index (χ2v) is 13.6. The normalized spacial score (nSPS) is 38.0. The molecule has 4 aliphatic rings. The van der Waals surface area contributed by atoms with E-state index in [1.807, 2.05) is 0 Å². The number of allylic oxidation sites excluding steroid dienone is 6. The molecular formula is C32H48O4. The van der Waals surface area contributed by atoms with E-state index >= 15 is 0 Å². The second-order valence-electron chi connectivity index (χ2n) is 13.6. The van der Waals surface area contributed by atoms with Gasteiger partial charge in [-0.25, -0.2) is 0 Å². The molecule has 0 aliphatic heterocycles. The summed E-state index contributed by atoms with van der Waals surface area (Å²) in [6.07, 6.45) is 16.1. The van der Waals surface area contributed by atoms with Crippen molar-refractivity contribution >= 4 is 11.9 Å². The van der Waals surface area contributed by atoms with Crippen LogP contribution in [0.1, 0.15) is 99.8 Å². The van der Waals surface area contributed by atoms with Crippen LogP contribution in [0.3, 0.4) is 0 Å². The summed E-state index contributed by atoms with van der Waals surface area (Å²) in [6.45, 7) is 16.5.